The molecule has 7 aromatic carbocycles. The second-order valence-corrected chi connectivity index (χ2v) is 13.5. The Balaban J connectivity index is 1.26. The Morgan fingerprint density at radius 2 is 1.11 bits per heavy atom. The lowest BCUT2D eigenvalue weighted by Gasteiger charge is -2.39. The van der Waals surface area contributed by atoms with Crippen molar-refractivity contribution >= 4 is 53.3 Å². The van der Waals surface area contributed by atoms with Gasteiger partial charge in [-0.25, -0.2) is 0 Å². The summed E-state index contributed by atoms with van der Waals surface area (Å²) in [4.78, 5) is 0. The Morgan fingerprint density at radius 3 is 2.07 bits per heavy atom. The van der Waals surface area contributed by atoms with E-state index in [1.807, 2.05) is 11.3 Å². The molecule has 208 valence electrons. The molecule has 2 aromatic heterocycles. The molecule has 0 saturated carbocycles. The minimum atomic E-state index is -0.408. The van der Waals surface area contributed by atoms with Crippen LogP contribution >= 0.6 is 11.3 Å². The van der Waals surface area contributed by atoms with Crippen molar-refractivity contribution in [3.63, 3.8) is 0 Å². The van der Waals surface area contributed by atoms with E-state index in [1.54, 1.807) is 0 Å². The smallest absolute Gasteiger partial charge is 0.0754 e. The number of hydrogen-bond acceptors (Lipinski definition) is 1. The molecule has 1 aliphatic carbocycles. The Bertz CT molecular complexity index is 2720. The summed E-state index contributed by atoms with van der Waals surface area (Å²) in [5, 5.41) is 5.30. The van der Waals surface area contributed by atoms with E-state index < -0.39 is 5.41 Å². The highest BCUT2D eigenvalue weighted by atomic mass is 32.1. The van der Waals surface area contributed by atoms with E-state index in [2.05, 4.69) is 156 Å². The standard InChI is InChI=1S/C43H25NS/c1-4-17-34-28(11-1)33-25-26(27-14-9-16-32-30-13-3-8-22-40(30)45-42(27)32)23-24-35(33)43(34)36-18-5-7-21-39(36)44-38-20-6-2-12-29(38)31-15-10-19-37(43)41(31)44/h1-25H. The maximum absolute atomic E-state index is 2.51. The van der Waals surface area contributed by atoms with Crippen LogP contribution in [0.1, 0.15) is 22.3 Å². The van der Waals surface area contributed by atoms with Gasteiger partial charge >= 0.3 is 0 Å². The molecule has 0 fully saturated rings. The topological polar surface area (TPSA) is 4.93 Å². The molecule has 9 aromatic rings. The summed E-state index contributed by atoms with van der Waals surface area (Å²) >= 11 is 1.90. The average Bonchev–Trinajstić information content (AvgIpc) is 3.75. The second-order valence-electron chi connectivity index (χ2n) is 12.4. The third kappa shape index (κ3) is 2.80. The van der Waals surface area contributed by atoms with E-state index in [9.17, 15) is 0 Å². The van der Waals surface area contributed by atoms with E-state index >= 15 is 0 Å². The summed E-state index contributed by atoms with van der Waals surface area (Å²) in [6.45, 7) is 0. The first-order valence-electron chi connectivity index (χ1n) is 15.6. The van der Waals surface area contributed by atoms with Gasteiger partial charge in [-0.2, -0.15) is 0 Å². The minimum absolute atomic E-state index is 0.408. The lowest BCUT2D eigenvalue weighted by molar-refractivity contribution is 0.748. The third-order valence-corrected chi connectivity index (χ3v) is 11.6. The van der Waals surface area contributed by atoms with Crippen LogP contribution in [0.25, 0.3) is 69.9 Å². The number of nitrogens with zero attached hydrogens (tertiary/aromatic N) is 1. The molecule has 1 spiro atoms. The number of aromatic nitrogens is 1. The van der Waals surface area contributed by atoms with E-state index in [0.717, 1.165) is 0 Å². The zero-order valence-corrected chi connectivity index (χ0v) is 25.1. The van der Waals surface area contributed by atoms with E-state index in [-0.39, 0.29) is 0 Å². The summed E-state index contributed by atoms with van der Waals surface area (Å²) in [7, 11) is 0. The first-order chi connectivity index (χ1) is 22.3. The number of thiophene rings is 1. The van der Waals surface area contributed by atoms with Gasteiger partial charge in [0.1, 0.15) is 0 Å². The van der Waals surface area contributed by atoms with Crippen molar-refractivity contribution in [1.82, 2.24) is 4.57 Å². The molecule has 0 bridgehead atoms. The van der Waals surface area contributed by atoms with E-state index in [0.29, 0.717) is 0 Å². The molecule has 0 N–H and O–H groups in total. The van der Waals surface area contributed by atoms with Gasteiger partial charge in [0.05, 0.1) is 22.1 Å². The van der Waals surface area contributed by atoms with Crippen LogP contribution in [0.5, 0.6) is 0 Å². The molecule has 0 radical (unpaired) electrons. The molecular formula is C43H25NS. The SMILES string of the molecule is c1ccc2c(c1)-c1cc(-c3cccc4c3sc3ccccc34)ccc1C21c2ccccc2-n2c3ccccc3c3cccc1c32. The van der Waals surface area contributed by atoms with Crippen LogP contribution in [-0.4, -0.2) is 4.57 Å². The number of rotatable bonds is 1. The molecule has 1 unspecified atom stereocenters. The highest BCUT2D eigenvalue weighted by molar-refractivity contribution is 7.26. The van der Waals surface area contributed by atoms with Gasteiger partial charge in [-0.05, 0) is 68.8 Å². The van der Waals surface area contributed by atoms with Crippen LogP contribution in [-0.2, 0) is 5.41 Å². The van der Waals surface area contributed by atoms with Gasteiger partial charge in [-0.15, -0.1) is 11.3 Å². The molecular weight excluding hydrogens is 563 g/mol. The third-order valence-electron chi connectivity index (χ3n) is 10.4. The van der Waals surface area contributed by atoms with Gasteiger partial charge in [-0.3, -0.25) is 0 Å². The Hall–Kier alpha value is -5.44. The second kappa shape index (κ2) is 8.38. The summed E-state index contributed by atoms with van der Waals surface area (Å²) < 4.78 is 5.21. The molecule has 0 saturated heterocycles. The average molecular weight is 588 g/mol. The van der Waals surface area contributed by atoms with E-state index in [1.165, 1.54) is 92.2 Å². The van der Waals surface area contributed by atoms with Gasteiger partial charge in [0, 0.05) is 30.9 Å². The number of para-hydroxylation sites is 3. The molecule has 0 amide bonds. The zero-order valence-electron chi connectivity index (χ0n) is 24.3. The van der Waals surface area contributed by atoms with Crippen LogP contribution in [0.3, 0.4) is 0 Å². The van der Waals surface area contributed by atoms with Gasteiger partial charge in [-0.1, -0.05) is 127 Å². The predicted molar refractivity (Wildman–Crippen MR) is 190 cm³/mol. The van der Waals surface area contributed by atoms with Crippen molar-refractivity contribution in [2.45, 2.75) is 5.41 Å². The fraction of sp³-hybridized carbons (Fsp3) is 0.0233. The normalized spacial score (nSPS) is 16.1. The maximum Gasteiger partial charge on any atom is 0.0754 e. The summed E-state index contributed by atoms with van der Waals surface area (Å²) in [6, 6.07) is 56.9. The van der Waals surface area contributed by atoms with Crippen LogP contribution in [0.4, 0.5) is 0 Å². The fourth-order valence-electron chi connectivity index (χ4n) is 8.71. The molecule has 2 aliphatic rings. The molecule has 11 rings (SSSR count). The Kier molecular flexibility index (Phi) is 4.46. The molecule has 45 heavy (non-hydrogen) atoms. The molecule has 1 atom stereocenters. The van der Waals surface area contributed by atoms with Crippen molar-refractivity contribution in [2.75, 3.05) is 0 Å². The Morgan fingerprint density at radius 1 is 0.444 bits per heavy atom. The monoisotopic (exact) mass is 587 g/mol. The molecule has 3 heterocycles. The van der Waals surface area contributed by atoms with Crippen LogP contribution in [0.15, 0.2) is 152 Å². The van der Waals surface area contributed by atoms with E-state index in [4.69, 9.17) is 0 Å². The summed E-state index contributed by atoms with van der Waals surface area (Å²) in [5.74, 6) is 0. The minimum Gasteiger partial charge on any atom is -0.309 e. The van der Waals surface area contributed by atoms with Crippen molar-refractivity contribution in [2.24, 2.45) is 0 Å². The first kappa shape index (κ1) is 23.9. The number of hydrogen-bond donors (Lipinski definition) is 0. The lowest BCUT2D eigenvalue weighted by Crippen LogP contribution is -2.33. The summed E-state index contributed by atoms with van der Waals surface area (Å²) in [6.07, 6.45) is 0. The van der Waals surface area contributed by atoms with Crippen molar-refractivity contribution < 1.29 is 0 Å². The van der Waals surface area contributed by atoms with Crippen LogP contribution in [0.2, 0.25) is 0 Å². The number of fused-ring (bicyclic) bond motifs is 15. The molecule has 1 nitrogen and oxygen atoms in total. The molecule has 1 aliphatic heterocycles. The van der Waals surface area contributed by atoms with Gasteiger partial charge in [0.15, 0.2) is 0 Å². The maximum atomic E-state index is 2.51. The Labute approximate surface area is 264 Å². The number of benzene rings is 7. The highest BCUT2D eigenvalue weighted by Crippen LogP contribution is 2.61. The molecule has 2 heteroatoms. The van der Waals surface area contributed by atoms with Crippen molar-refractivity contribution in [1.29, 1.82) is 0 Å². The summed E-state index contributed by atoms with van der Waals surface area (Å²) in [5.41, 5.74) is 14.1. The lowest BCUT2D eigenvalue weighted by atomic mass is 9.65. The quantitative estimate of drug-likeness (QED) is 0.180. The predicted octanol–water partition coefficient (Wildman–Crippen LogP) is 11.5. The largest absolute Gasteiger partial charge is 0.309 e. The van der Waals surface area contributed by atoms with Crippen LogP contribution < -0.4 is 0 Å². The highest BCUT2D eigenvalue weighted by Gasteiger charge is 2.50. The zero-order chi connectivity index (χ0) is 29.3. The van der Waals surface area contributed by atoms with Gasteiger partial charge < -0.3 is 4.57 Å². The first-order valence-corrected chi connectivity index (χ1v) is 16.4. The van der Waals surface area contributed by atoms with Crippen LogP contribution in [0, 0.1) is 0 Å². The van der Waals surface area contributed by atoms with Crippen molar-refractivity contribution in [3.05, 3.63) is 174 Å². The van der Waals surface area contributed by atoms with Gasteiger partial charge in [0.25, 0.3) is 0 Å². The fourth-order valence-corrected chi connectivity index (χ4v) is 9.95. The van der Waals surface area contributed by atoms with Gasteiger partial charge in [0.2, 0.25) is 0 Å². The van der Waals surface area contributed by atoms with Crippen molar-refractivity contribution in [3.8, 4) is 27.9 Å².